The van der Waals surface area contributed by atoms with Gasteiger partial charge in [-0.2, -0.15) is 0 Å². The van der Waals surface area contributed by atoms with Crippen LogP contribution in [0, 0.1) is 0 Å². The predicted octanol–water partition coefficient (Wildman–Crippen LogP) is 3.23. The highest BCUT2D eigenvalue weighted by molar-refractivity contribution is 6.89. The zero-order chi connectivity index (χ0) is 11.9. The Bertz CT molecular complexity index is 356. The Labute approximate surface area is 94.2 Å². The maximum absolute atomic E-state index is 10.0. The third-order valence-corrected chi connectivity index (χ3v) is 4.63. The van der Waals surface area contributed by atoms with E-state index in [1.54, 1.807) is 0 Å². The fourth-order valence-corrected chi connectivity index (χ4v) is 4.07. The van der Waals surface area contributed by atoms with Gasteiger partial charge in [0.05, 0.1) is 8.07 Å². The highest BCUT2D eigenvalue weighted by Gasteiger charge is 2.28. The van der Waals surface area contributed by atoms with Gasteiger partial charge in [0, 0.05) is 0 Å². The summed E-state index contributed by atoms with van der Waals surface area (Å²) in [5, 5.41) is 11.2. The molecule has 1 aromatic carbocycles. The first kappa shape index (κ1) is 12.3. The average molecular weight is 222 g/mol. The van der Waals surface area contributed by atoms with Gasteiger partial charge in [-0.25, -0.2) is 0 Å². The molecule has 1 rings (SSSR count). The minimum atomic E-state index is -1.48. The summed E-state index contributed by atoms with van der Waals surface area (Å²) in [5.74, 6) is 0.474. The molecule has 0 saturated carbocycles. The van der Waals surface area contributed by atoms with Gasteiger partial charge in [0.25, 0.3) is 0 Å². The highest BCUT2D eigenvalue weighted by Crippen LogP contribution is 2.26. The summed E-state index contributed by atoms with van der Waals surface area (Å²) in [6.45, 7) is 13.4. The molecule has 2 heteroatoms. The van der Waals surface area contributed by atoms with Gasteiger partial charge in [0.2, 0.25) is 0 Å². The Kier molecular flexibility index (Phi) is 3.01. The molecule has 0 fully saturated rings. The second-order valence-electron chi connectivity index (χ2n) is 6.20. The third kappa shape index (κ3) is 2.62. The molecule has 0 unspecified atom stereocenters. The van der Waals surface area contributed by atoms with Crippen molar-refractivity contribution in [3.05, 3.63) is 23.8 Å². The second kappa shape index (κ2) is 3.67. The van der Waals surface area contributed by atoms with Crippen LogP contribution < -0.4 is 5.19 Å². The summed E-state index contributed by atoms with van der Waals surface area (Å²) >= 11 is 0. The molecule has 0 aliphatic rings. The van der Waals surface area contributed by atoms with Crippen molar-refractivity contribution in [2.45, 2.75) is 45.8 Å². The zero-order valence-corrected chi connectivity index (χ0v) is 11.7. The molecule has 0 heterocycles. The number of phenolic OH excluding ortho intramolecular Hbond substituents is 1. The molecule has 0 radical (unpaired) electrons. The number of hydrogen-bond donors (Lipinski definition) is 1. The van der Waals surface area contributed by atoms with Gasteiger partial charge >= 0.3 is 0 Å². The number of benzene rings is 1. The standard InChI is InChI=1S/C13H22OSi/c1-13(2,3)10-8-7-9-11(14)12(10)15(4,5)6/h7-9,14H,1-6H3. The van der Waals surface area contributed by atoms with Crippen LogP contribution in [-0.2, 0) is 5.41 Å². The van der Waals surface area contributed by atoms with E-state index in [0.29, 0.717) is 5.75 Å². The third-order valence-electron chi connectivity index (χ3n) is 2.60. The lowest BCUT2D eigenvalue weighted by Gasteiger charge is -2.29. The lowest BCUT2D eigenvalue weighted by Crippen LogP contribution is -2.43. The van der Waals surface area contributed by atoms with Gasteiger partial charge in [-0.15, -0.1) is 0 Å². The lowest BCUT2D eigenvalue weighted by atomic mass is 9.87. The van der Waals surface area contributed by atoms with Crippen molar-refractivity contribution in [3.63, 3.8) is 0 Å². The Morgan fingerprint density at radius 1 is 1.07 bits per heavy atom. The molecular formula is C13H22OSi. The van der Waals surface area contributed by atoms with E-state index in [4.69, 9.17) is 0 Å². The molecule has 0 amide bonds. The van der Waals surface area contributed by atoms with Crippen LogP contribution in [0.2, 0.25) is 19.6 Å². The normalized spacial score (nSPS) is 12.9. The Balaban J connectivity index is 3.48. The van der Waals surface area contributed by atoms with Crippen LogP contribution in [0.5, 0.6) is 5.75 Å². The summed E-state index contributed by atoms with van der Waals surface area (Å²) in [7, 11) is -1.48. The molecule has 0 aliphatic heterocycles. The van der Waals surface area contributed by atoms with E-state index in [0.717, 1.165) is 0 Å². The van der Waals surface area contributed by atoms with Crippen LogP contribution in [0.15, 0.2) is 18.2 Å². The number of aromatic hydroxyl groups is 1. The molecule has 0 aromatic heterocycles. The van der Waals surface area contributed by atoms with E-state index in [-0.39, 0.29) is 5.41 Å². The van der Waals surface area contributed by atoms with Gasteiger partial charge in [0.15, 0.2) is 0 Å². The van der Waals surface area contributed by atoms with Crippen molar-refractivity contribution >= 4 is 13.3 Å². The maximum atomic E-state index is 10.0. The topological polar surface area (TPSA) is 20.2 Å². The van der Waals surface area contributed by atoms with Crippen molar-refractivity contribution in [1.82, 2.24) is 0 Å². The van der Waals surface area contributed by atoms with Crippen molar-refractivity contribution in [3.8, 4) is 5.75 Å². The molecule has 1 nitrogen and oxygen atoms in total. The summed E-state index contributed by atoms with van der Waals surface area (Å²) in [5.41, 5.74) is 1.40. The van der Waals surface area contributed by atoms with Gasteiger partial charge in [-0.05, 0) is 22.2 Å². The van der Waals surface area contributed by atoms with E-state index in [1.165, 1.54) is 10.8 Å². The minimum absolute atomic E-state index is 0.106. The average Bonchev–Trinajstić information content (AvgIpc) is 1.99. The van der Waals surface area contributed by atoms with Crippen molar-refractivity contribution in [1.29, 1.82) is 0 Å². The van der Waals surface area contributed by atoms with Crippen molar-refractivity contribution in [2.75, 3.05) is 0 Å². The summed E-state index contributed by atoms with van der Waals surface area (Å²) < 4.78 is 0. The summed E-state index contributed by atoms with van der Waals surface area (Å²) in [4.78, 5) is 0. The monoisotopic (exact) mass is 222 g/mol. The van der Waals surface area contributed by atoms with Gasteiger partial charge in [-0.1, -0.05) is 52.5 Å². The van der Waals surface area contributed by atoms with Crippen molar-refractivity contribution < 1.29 is 5.11 Å². The number of phenols is 1. The summed E-state index contributed by atoms with van der Waals surface area (Å²) in [6, 6.07) is 5.90. The predicted molar refractivity (Wildman–Crippen MR) is 69.8 cm³/mol. The molecule has 1 aromatic rings. The van der Waals surface area contributed by atoms with Gasteiger partial charge in [0.1, 0.15) is 5.75 Å². The Hall–Kier alpha value is -0.763. The zero-order valence-electron chi connectivity index (χ0n) is 10.7. The molecule has 0 bridgehead atoms. The van der Waals surface area contributed by atoms with Crippen LogP contribution in [-0.4, -0.2) is 13.2 Å². The molecule has 0 saturated heterocycles. The quantitative estimate of drug-likeness (QED) is 0.723. The van der Waals surface area contributed by atoms with E-state index in [2.05, 4.69) is 46.5 Å². The summed E-state index contributed by atoms with van der Waals surface area (Å²) in [6.07, 6.45) is 0. The largest absolute Gasteiger partial charge is 0.508 e. The molecule has 0 atom stereocenters. The van der Waals surface area contributed by atoms with Gasteiger partial charge < -0.3 is 5.11 Å². The Morgan fingerprint density at radius 3 is 1.93 bits per heavy atom. The first-order valence-corrected chi connectivity index (χ1v) is 8.97. The van der Waals surface area contributed by atoms with Crippen LogP contribution >= 0.6 is 0 Å². The van der Waals surface area contributed by atoms with Crippen LogP contribution in [0.25, 0.3) is 0 Å². The molecule has 15 heavy (non-hydrogen) atoms. The maximum Gasteiger partial charge on any atom is 0.115 e. The molecular weight excluding hydrogens is 200 g/mol. The second-order valence-corrected chi connectivity index (χ2v) is 11.2. The van der Waals surface area contributed by atoms with E-state index < -0.39 is 8.07 Å². The van der Waals surface area contributed by atoms with Crippen LogP contribution in [0.3, 0.4) is 0 Å². The molecule has 1 N–H and O–H groups in total. The SMILES string of the molecule is CC(C)(C)c1cccc(O)c1[Si](C)(C)C. The minimum Gasteiger partial charge on any atom is -0.508 e. The van der Waals surface area contributed by atoms with E-state index >= 15 is 0 Å². The van der Waals surface area contributed by atoms with E-state index in [9.17, 15) is 5.11 Å². The molecule has 0 spiro atoms. The first-order chi connectivity index (χ1) is 6.64. The first-order valence-electron chi connectivity index (χ1n) is 5.47. The number of hydrogen-bond acceptors (Lipinski definition) is 1. The lowest BCUT2D eigenvalue weighted by molar-refractivity contribution is 0.476. The van der Waals surface area contributed by atoms with Gasteiger partial charge in [-0.3, -0.25) is 0 Å². The molecule has 0 aliphatic carbocycles. The fourth-order valence-electron chi connectivity index (χ4n) is 1.95. The number of rotatable bonds is 1. The highest BCUT2D eigenvalue weighted by atomic mass is 28.3. The van der Waals surface area contributed by atoms with E-state index in [1.807, 2.05) is 12.1 Å². The van der Waals surface area contributed by atoms with Crippen LogP contribution in [0.1, 0.15) is 26.3 Å². The molecule has 84 valence electrons. The van der Waals surface area contributed by atoms with Crippen molar-refractivity contribution in [2.24, 2.45) is 0 Å². The Morgan fingerprint density at radius 2 is 1.60 bits per heavy atom. The smallest absolute Gasteiger partial charge is 0.115 e. The van der Waals surface area contributed by atoms with Crippen LogP contribution in [0.4, 0.5) is 0 Å². The fraction of sp³-hybridized carbons (Fsp3) is 0.538.